The Morgan fingerprint density at radius 1 is 1.03 bits per heavy atom. The second kappa shape index (κ2) is 8.23. The molecule has 7 heteroatoms. The lowest BCUT2D eigenvalue weighted by molar-refractivity contribution is 0.412. The average molecular weight is 425 g/mol. The summed E-state index contributed by atoms with van der Waals surface area (Å²) in [6.07, 6.45) is 6.04. The van der Waals surface area contributed by atoms with E-state index in [1.807, 2.05) is 48.0 Å². The Kier molecular flexibility index (Phi) is 5.51. The topological polar surface area (TPSA) is 52.8 Å². The number of aryl methyl sites for hydroxylation is 1. The van der Waals surface area contributed by atoms with Gasteiger partial charge in [-0.2, -0.15) is 0 Å². The highest BCUT2D eigenvalue weighted by molar-refractivity contribution is 6.36. The van der Waals surface area contributed by atoms with Crippen molar-refractivity contribution in [2.75, 3.05) is 7.11 Å². The summed E-state index contributed by atoms with van der Waals surface area (Å²) < 4.78 is 7.53. The first-order valence-corrected chi connectivity index (χ1v) is 9.74. The molecule has 0 unspecified atom stereocenters. The number of halogens is 2. The summed E-state index contributed by atoms with van der Waals surface area (Å²) in [5.74, 6) is 1.46. The van der Waals surface area contributed by atoms with Gasteiger partial charge < -0.3 is 9.30 Å². The van der Waals surface area contributed by atoms with Gasteiger partial charge in [0.25, 0.3) is 0 Å². The molecule has 4 rings (SSSR count). The number of hydrogen-bond donors (Lipinski definition) is 0. The van der Waals surface area contributed by atoms with Crippen molar-refractivity contribution in [2.45, 2.75) is 13.3 Å². The molecule has 2 heterocycles. The monoisotopic (exact) mass is 424 g/mol. The highest BCUT2D eigenvalue weighted by Gasteiger charge is 2.11. The van der Waals surface area contributed by atoms with E-state index < -0.39 is 0 Å². The molecule has 0 amide bonds. The molecule has 29 heavy (non-hydrogen) atoms. The first-order valence-electron chi connectivity index (χ1n) is 8.99. The van der Waals surface area contributed by atoms with E-state index in [-0.39, 0.29) is 0 Å². The maximum absolute atomic E-state index is 6.32. The second-order valence-corrected chi connectivity index (χ2v) is 7.43. The molecule has 146 valence electrons. The normalized spacial score (nSPS) is 10.9. The van der Waals surface area contributed by atoms with E-state index in [2.05, 4.69) is 15.0 Å². The summed E-state index contributed by atoms with van der Waals surface area (Å²) in [5, 5.41) is 1.15. The Hall–Kier alpha value is -2.89. The third-order valence-corrected chi connectivity index (χ3v) is 5.06. The number of rotatable bonds is 5. The predicted molar refractivity (Wildman–Crippen MR) is 115 cm³/mol. The molecule has 0 aliphatic heterocycles. The van der Waals surface area contributed by atoms with Crippen LogP contribution in [0.1, 0.15) is 17.1 Å². The van der Waals surface area contributed by atoms with E-state index in [0.29, 0.717) is 22.3 Å². The van der Waals surface area contributed by atoms with Crippen LogP contribution in [0.15, 0.2) is 61.2 Å². The number of nitrogens with zero attached hydrogens (tertiary/aromatic N) is 4. The van der Waals surface area contributed by atoms with Crippen molar-refractivity contribution in [1.82, 2.24) is 19.5 Å². The van der Waals surface area contributed by atoms with Gasteiger partial charge in [0, 0.05) is 29.4 Å². The molecule has 2 aromatic heterocycles. The van der Waals surface area contributed by atoms with Crippen LogP contribution in [0.2, 0.25) is 10.0 Å². The van der Waals surface area contributed by atoms with Crippen LogP contribution < -0.4 is 4.74 Å². The lowest BCUT2D eigenvalue weighted by atomic mass is 10.1. The Balaban J connectivity index is 1.63. The molecule has 0 atom stereocenters. The van der Waals surface area contributed by atoms with Crippen molar-refractivity contribution in [3.8, 4) is 22.7 Å². The van der Waals surface area contributed by atoms with Crippen LogP contribution >= 0.6 is 23.2 Å². The predicted octanol–water partition coefficient (Wildman–Crippen LogP) is 5.54. The molecule has 2 aromatic carbocycles. The van der Waals surface area contributed by atoms with E-state index >= 15 is 0 Å². The van der Waals surface area contributed by atoms with Crippen LogP contribution in [0, 0.1) is 6.92 Å². The SMILES string of the molecule is COc1cc(Cc2nccc(-c3ccc(Cl)cc3Cl)n2)ccc1-n1cnc(C)c1. The fraction of sp³-hybridized carbons (Fsp3) is 0.136. The summed E-state index contributed by atoms with van der Waals surface area (Å²) in [4.78, 5) is 13.4. The lowest BCUT2D eigenvalue weighted by Crippen LogP contribution is -2.00. The molecule has 0 aliphatic carbocycles. The fourth-order valence-corrected chi connectivity index (χ4v) is 3.62. The van der Waals surface area contributed by atoms with Gasteiger partial charge in [-0.25, -0.2) is 15.0 Å². The number of imidazole rings is 1. The van der Waals surface area contributed by atoms with Gasteiger partial charge in [0.2, 0.25) is 0 Å². The number of methoxy groups -OCH3 is 1. The maximum Gasteiger partial charge on any atom is 0.143 e. The molecule has 0 spiro atoms. The van der Waals surface area contributed by atoms with Crippen LogP contribution in [-0.2, 0) is 6.42 Å². The molecule has 0 aliphatic rings. The van der Waals surface area contributed by atoms with Gasteiger partial charge in [-0.05, 0) is 48.9 Å². The number of aromatic nitrogens is 4. The Labute approximate surface area is 178 Å². The first-order chi connectivity index (χ1) is 14.0. The summed E-state index contributed by atoms with van der Waals surface area (Å²) in [6.45, 7) is 1.95. The Bertz CT molecular complexity index is 1170. The molecule has 4 aromatic rings. The van der Waals surface area contributed by atoms with Crippen LogP contribution in [0.3, 0.4) is 0 Å². The minimum absolute atomic E-state index is 0.559. The van der Waals surface area contributed by atoms with Gasteiger partial charge in [-0.1, -0.05) is 29.3 Å². The fourth-order valence-electron chi connectivity index (χ4n) is 3.11. The average Bonchev–Trinajstić information content (AvgIpc) is 3.14. The van der Waals surface area contributed by atoms with Crippen molar-refractivity contribution in [2.24, 2.45) is 0 Å². The molecule has 0 radical (unpaired) electrons. The highest BCUT2D eigenvalue weighted by atomic mass is 35.5. The maximum atomic E-state index is 6.32. The molecule has 0 fully saturated rings. The van der Waals surface area contributed by atoms with Crippen LogP contribution in [0.4, 0.5) is 0 Å². The first kappa shape index (κ1) is 19.4. The summed E-state index contributed by atoms with van der Waals surface area (Å²) in [7, 11) is 1.66. The van der Waals surface area contributed by atoms with Crippen LogP contribution in [0.25, 0.3) is 16.9 Å². The molecule has 0 saturated carbocycles. The quantitative estimate of drug-likeness (QED) is 0.421. The van der Waals surface area contributed by atoms with Gasteiger partial charge in [-0.15, -0.1) is 0 Å². The van der Waals surface area contributed by atoms with Crippen molar-refractivity contribution < 1.29 is 4.74 Å². The van der Waals surface area contributed by atoms with Crippen molar-refractivity contribution in [1.29, 1.82) is 0 Å². The molecule has 0 saturated heterocycles. The van der Waals surface area contributed by atoms with Gasteiger partial charge in [0.1, 0.15) is 11.6 Å². The van der Waals surface area contributed by atoms with Crippen molar-refractivity contribution in [3.63, 3.8) is 0 Å². The number of ether oxygens (including phenoxy) is 1. The van der Waals surface area contributed by atoms with E-state index in [9.17, 15) is 0 Å². The van der Waals surface area contributed by atoms with Gasteiger partial charge in [0.15, 0.2) is 0 Å². The highest BCUT2D eigenvalue weighted by Crippen LogP contribution is 2.29. The van der Waals surface area contributed by atoms with E-state index in [0.717, 1.165) is 34.0 Å². The molecule has 0 bridgehead atoms. The molecule has 0 N–H and O–H groups in total. The zero-order chi connectivity index (χ0) is 20.4. The van der Waals surface area contributed by atoms with E-state index in [1.54, 1.807) is 31.8 Å². The summed E-state index contributed by atoms with van der Waals surface area (Å²) in [6, 6.07) is 13.3. The van der Waals surface area contributed by atoms with Gasteiger partial charge >= 0.3 is 0 Å². The molecular weight excluding hydrogens is 407 g/mol. The van der Waals surface area contributed by atoms with Crippen LogP contribution in [-0.4, -0.2) is 26.6 Å². The summed E-state index contributed by atoms with van der Waals surface area (Å²) in [5.41, 5.74) is 4.50. The van der Waals surface area contributed by atoms with Crippen molar-refractivity contribution in [3.05, 3.63) is 88.3 Å². The van der Waals surface area contributed by atoms with E-state index in [1.165, 1.54) is 0 Å². The van der Waals surface area contributed by atoms with Crippen molar-refractivity contribution >= 4 is 23.2 Å². The number of hydrogen-bond acceptors (Lipinski definition) is 4. The standard InChI is InChI=1S/C22H18Cl2N4O/c1-14-12-28(13-26-14)20-6-3-15(9-21(20)29-2)10-22-25-8-7-19(27-22)17-5-4-16(23)11-18(17)24/h3-9,11-13H,10H2,1-2H3. The minimum Gasteiger partial charge on any atom is -0.495 e. The Morgan fingerprint density at radius 2 is 1.90 bits per heavy atom. The minimum atomic E-state index is 0.559. The van der Waals surface area contributed by atoms with Crippen LogP contribution in [0.5, 0.6) is 5.75 Å². The largest absolute Gasteiger partial charge is 0.495 e. The lowest BCUT2D eigenvalue weighted by Gasteiger charge is -2.11. The Morgan fingerprint density at radius 3 is 2.62 bits per heavy atom. The third kappa shape index (κ3) is 4.26. The molecule has 5 nitrogen and oxygen atoms in total. The zero-order valence-corrected chi connectivity index (χ0v) is 17.4. The smallest absolute Gasteiger partial charge is 0.143 e. The number of benzene rings is 2. The van der Waals surface area contributed by atoms with Gasteiger partial charge in [0.05, 0.1) is 35.5 Å². The van der Waals surface area contributed by atoms with Gasteiger partial charge in [-0.3, -0.25) is 0 Å². The summed E-state index contributed by atoms with van der Waals surface area (Å²) >= 11 is 12.3. The zero-order valence-electron chi connectivity index (χ0n) is 15.9. The third-order valence-electron chi connectivity index (χ3n) is 4.51. The van der Waals surface area contributed by atoms with E-state index in [4.69, 9.17) is 27.9 Å². The second-order valence-electron chi connectivity index (χ2n) is 6.59. The molecular formula is C22H18Cl2N4O.